The van der Waals surface area contributed by atoms with Gasteiger partial charge in [-0.3, -0.25) is 0 Å². The first-order valence-corrected chi connectivity index (χ1v) is 11.7. The summed E-state index contributed by atoms with van der Waals surface area (Å²) in [4.78, 5) is 0. The number of anilines is 3. The zero-order valence-electron chi connectivity index (χ0n) is 20.9. The lowest BCUT2D eigenvalue weighted by Gasteiger charge is -2.28. The molecule has 3 rings (SSSR count). The van der Waals surface area contributed by atoms with Gasteiger partial charge in [0.05, 0.1) is 0 Å². The molecule has 0 aliphatic rings. The average Bonchev–Trinajstić information content (AvgIpc) is 2.73. The summed E-state index contributed by atoms with van der Waals surface area (Å²) in [5.74, 6) is 0.430. The van der Waals surface area contributed by atoms with Crippen molar-refractivity contribution >= 4 is 17.1 Å². The average molecular weight is 443 g/mol. The first kappa shape index (κ1) is 24.4. The molecule has 0 spiro atoms. The van der Waals surface area contributed by atoms with E-state index in [0.29, 0.717) is 5.75 Å². The van der Waals surface area contributed by atoms with E-state index in [1.807, 2.05) is 30.3 Å². The Labute approximate surface area is 199 Å². The standard InChI is InChI=1S/C30H38N2O/c1-21(31-24-15-17-25(18-16-24)32-23-11-9-8-10-12-23)13-14-22-19-26(29(2,3)4)28(33)27(20-22)30(5,6)7/h8-12,15-20,31-33H,1,13-14H2,2-7H3. The second kappa shape index (κ2) is 9.74. The molecule has 0 atom stereocenters. The Bertz CT molecular complexity index is 1050. The van der Waals surface area contributed by atoms with Gasteiger partial charge in [0, 0.05) is 22.8 Å². The molecule has 3 aromatic rings. The van der Waals surface area contributed by atoms with Crippen LogP contribution in [0.25, 0.3) is 0 Å². The Morgan fingerprint density at radius 1 is 0.758 bits per heavy atom. The first-order chi connectivity index (χ1) is 15.4. The molecule has 0 unspecified atom stereocenters. The van der Waals surface area contributed by atoms with E-state index in [9.17, 15) is 5.11 Å². The smallest absolute Gasteiger partial charge is 0.123 e. The van der Waals surface area contributed by atoms with Crippen molar-refractivity contribution in [2.75, 3.05) is 10.6 Å². The van der Waals surface area contributed by atoms with Crippen LogP contribution in [0.15, 0.2) is 79.0 Å². The van der Waals surface area contributed by atoms with Crippen molar-refractivity contribution in [3.05, 3.63) is 95.7 Å². The maximum atomic E-state index is 10.9. The van der Waals surface area contributed by atoms with E-state index in [4.69, 9.17) is 0 Å². The van der Waals surface area contributed by atoms with E-state index in [2.05, 4.69) is 95.2 Å². The highest BCUT2D eigenvalue weighted by atomic mass is 16.3. The zero-order chi connectivity index (χ0) is 24.2. The molecule has 0 aliphatic carbocycles. The largest absolute Gasteiger partial charge is 0.507 e. The molecule has 3 heteroatoms. The minimum atomic E-state index is -0.120. The number of aryl methyl sites for hydroxylation is 1. The molecule has 0 aliphatic heterocycles. The van der Waals surface area contributed by atoms with Gasteiger partial charge >= 0.3 is 0 Å². The number of phenols is 1. The van der Waals surface area contributed by atoms with Gasteiger partial charge in [-0.15, -0.1) is 0 Å². The summed E-state index contributed by atoms with van der Waals surface area (Å²) < 4.78 is 0. The van der Waals surface area contributed by atoms with Crippen molar-refractivity contribution in [1.82, 2.24) is 0 Å². The molecule has 174 valence electrons. The Morgan fingerprint density at radius 3 is 1.76 bits per heavy atom. The molecule has 0 radical (unpaired) electrons. The normalized spacial score (nSPS) is 11.8. The summed E-state index contributed by atoms with van der Waals surface area (Å²) in [5.41, 5.74) is 7.11. The van der Waals surface area contributed by atoms with Gasteiger partial charge in [-0.05, 0) is 76.8 Å². The van der Waals surface area contributed by atoms with Crippen molar-refractivity contribution < 1.29 is 5.11 Å². The fourth-order valence-corrected chi connectivity index (χ4v) is 3.87. The highest BCUT2D eigenvalue weighted by Crippen LogP contribution is 2.40. The molecule has 0 heterocycles. The van der Waals surface area contributed by atoms with Crippen LogP contribution in [0.1, 0.15) is 64.7 Å². The van der Waals surface area contributed by atoms with Crippen molar-refractivity contribution in [3.8, 4) is 5.75 Å². The number of benzene rings is 3. The van der Waals surface area contributed by atoms with Gasteiger partial charge < -0.3 is 15.7 Å². The summed E-state index contributed by atoms with van der Waals surface area (Å²) in [6.07, 6.45) is 1.69. The van der Waals surface area contributed by atoms with Crippen LogP contribution >= 0.6 is 0 Å². The summed E-state index contributed by atoms with van der Waals surface area (Å²) >= 11 is 0. The summed E-state index contributed by atoms with van der Waals surface area (Å²) in [7, 11) is 0. The van der Waals surface area contributed by atoms with E-state index < -0.39 is 0 Å². The highest BCUT2D eigenvalue weighted by molar-refractivity contribution is 5.63. The molecule has 0 fully saturated rings. The number of nitrogens with one attached hydrogen (secondary N) is 2. The maximum Gasteiger partial charge on any atom is 0.123 e. The number of allylic oxidation sites excluding steroid dienone is 1. The maximum absolute atomic E-state index is 10.9. The minimum Gasteiger partial charge on any atom is -0.507 e. The number of phenolic OH excluding ortho intramolecular Hbond substituents is 1. The number of rotatable bonds is 7. The molecule has 0 amide bonds. The fraction of sp³-hybridized carbons (Fsp3) is 0.333. The third-order valence-corrected chi connectivity index (χ3v) is 5.77. The van der Waals surface area contributed by atoms with Gasteiger partial charge in [0.2, 0.25) is 0 Å². The lowest BCUT2D eigenvalue weighted by molar-refractivity contribution is 0.422. The second-order valence-corrected chi connectivity index (χ2v) is 10.8. The van der Waals surface area contributed by atoms with E-state index in [0.717, 1.165) is 46.7 Å². The Morgan fingerprint density at radius 2 is 1.24 bits per heavy atom. The summed E-state index contributed by atoms with van der Waals surface area (Å²) in [5, 5.41) is 17.8. The van der Waals surface area contributed by atoms with Crippen molar-refractivity contribution in [1.29, 1.82) is 0 Å². The number of para-hydroxylation sites is 1. The van der Waals surface area contributed by atoms with Crippen LogP contribution in [-0.4, -0.2) is 5.11 Å². The van der Waals surface area contributed by atoms with Gasteiger partial charge in [0.25, 0.3) is 0 Å². The third-order valence-electron chi connectivity index (χ3n) is 5.77. The Kier molecular flexibility index (Phi) is 7.22. The van der Waals surface area contributed by atoms with Crippen LogP contribution in [0.2, 0.25) is 0 Å². The van der Waals surface area contributed by atoms with Gasteiger partial charge in [0.15, 0.2) is 0 Å². The van der Waals surface area contributed by atoms with Gasteiger partial charge in [0.1, 0.15) is 5.75 Å². The molecule has 3 aromatic carbocycles. The number of hydrogen-bond donors (Lipinski definition) is 3. The van der Waals surface area contributed by atoms with Crippen molar-refractivity contribution in [2.45, 2.75) is 65.2 Å². The van der Waals surface area contributed by atoms with Crippen LogP contribution < -0.4 is 10.6 Å². The molecule has 0 saturated heterocycles. The topological polar surface area (TPSA) is 44.3 Å². The van der Waals surface area contributed by atoms with Crippen molar-refractivity contribution in [2.24, 2.45) is 0 Å². The first-order valence-electron chi connectivity index (χ1n) is 11.7. The molecule has 0 bridgehead atoms. The predicted molar refractivity (Wildman–Crippen MR) is 143 cm³/mol. The van der Waals surface area contributed by atoms with Gasteiger partial charge in [-0.1, -0.05) is 78.5 Å². The second-order valence-electron chi connectivity index (χ2n) is 10.8. The van der Waals surface area contributed by atoms with Crippen LogP contribution in [0.5, 0.6) is 5.75 Å². The fourth-order valence-electron chi connectivity index (χ4n) is 3.87. The lowest BCUT2D eigenvalue weighted by atomic mass is 9.78. The van der Waals surface area contributed by atoms with Crippen LogP contribution in [0, 0.1) is 0 Å². The monoisotopic (exact) mass is 442 g/mol. The third kappa shape index (κ3) is 6.64. The van der Waals surface area contributed by atoms with Gasteiger partial charge in [-0.2, -0.15) is 0 Å². The van der Waals surface area contributed by atoms with Gasteiger partial charge in [-0.25, -0.2) is 0 Å². The molecule has 0 saturated carbocycles. The summed E-state index contributed by atoms with van der Waals surface area (Å²) in [6.45, 7) is 17.1. The van der Waals surface area contributed by atoms with Crippen LogP contribution in [0.3, 0.4) is 0 Å². The highest BCUT2D eigenvalue weighted by Gasteiger charge is 2.26. The molecule has 0 aromatic heterocycles. The number of aromatic hydroxyl groups is 1. The molecule has 33 heavy (non-hydrogen) atoms. The molecular formula is C30H38N2O. The van der Waals surface area contributed by atoms with E-state index >= 15 is 0 Å². The van der Waals surface area contributed by atoms with Crippen LogP contribution in [0.4, 0.5) is 17.1 Å². The Hall–Kier alpha value is -3.20. The molecule has 3 nitrogen and oxygen atoms in total. The van der Waals surface area contributed by atoms with E-state index in [-0.39, 0.29) is 10.8 Å². The SMILES string of the molecule is C=C(CCc1cc(C(C)(C)C)c(O)c(C(C)(C)C)c1)Nc1ccc(Nc2ccccc2)cc1. The van der Waals surface area contributed by atoms with Crippen LogP contribution in [-0.2, 0) is 17.3 Å². The summed E-state index contributed by atoms with van der Waals surface area (Å²) in [6, 6.07) is 22.7. The molecule has 3 N–H and O–H groups in total. The molecular weight excluding hydrogens is 404 g/mol. The predicted octanol–water partition coefficient (Wildman–Crippen LogP) is 8.29. The minimum absolute atomic E-state index is 0.120. The quantitative estimate of drug-likeness (QED) is 0.345. The zero-order valence-corrected chi connectivity index (χ0v) is 20.9. The van der Waals surface area contributed by atoms with E-state index in [1.165, 1.54) is 5.56 Å². The van der Waals surface area contributed by atoms with E-state index in [1.54, 1.807) is 0 Å². The lowest BCUT2D eigenvalue weighted by Crippen LogP contribution is -2.18. The number of hydrogen-bond acceptors (Lipinski definition) is 3. The Balaban J connectivity index is 1.66. The van der Waals surface area contributed by atoms with Crippen molar-refractivity contribution in [3.63, 3.8) is 0 Å².